The number of quaternary nitrogens is 1. The van der Waals surface area contributed by atoms with Crippen molar-refractivity contribution in [3.05, 3.63) is 12.2 Å². The topological polar surface area (TPSA) is 63.6 Å². The highest BCUT2D eigenvalue weighted by Gasteiger charge is 2.23. The maximum atomic E-state index is 11.9. The number of carboxylic acid groups (broad SMARTS) is 1. The number of hydrogen-bond donors (Lipinski definition) is 1. The third-order valence-corrected chi connectivity index (χ3v) is 4.66. The van der Waals surface area contributed by atoms with E-state index in [4.69, 9.17) is 9.84 Å². The number of rotatable bonds is 18. The molecule has 164 valence electrons. The molecule has 0 aromatic heterocycles. The molecule has 28 heavy (non-hydrogen) atoms. The molecule has 0 aromatic carbocycles. The molecule has 0 amide bonds. The summed E-state index contributed by atoms with van der Waals surface area (Å²) in [6.45, 7) is 2.73. The Balaban J connectivity index is 3.77. The summed E-state index contributed by atoms with van der Waals surface area (Å²) in [5.41, 5.74) is 0. The summed E-state index contributed by atoms with van der Waals surface area (Å²) < 4.78 is 5.87. The van der Waals surface area contributed by atoms with E-state index in [-0.39, 0.29) is 6.42 Å². The molecule has 0 saturated heterocycles. The zero-order valence-electron chi connectivity index (χ0n) is 18.8. The lowest BCUT2D eigenvalue weighted by atomic mass is 10.1. The number of hydrogen-bond acceptors (Lipinski definition) is 3. The van der Waals surface area contributed by atoms with Gasteiger partial charge in [0.2, 0.25) is 0 Å². The predicted molar refractivity (Wildman–Crippen MR) is 115 cm³/mol. The van der Waals surface area contributed by atoms with Crippen LogP contribution in [0, 0.1) is 0 Å². The van der Waals surface area contributed by atoms with Crippen molar-refractivity contribution in [2.24, 2.45) is 0 Å². The number of nitrogens with zero attached hydrogens (tertiary/aromatic N) is 1. The second kappa shape index (κ2) is 16.6. The van der Waals surface area contributed by atoms with Gasteiger partial charge in [-0.2, -0.15) is 0 Å². The fourth-order valence-corrected chi connectivity index (χ4v) is 3.26. The SMILES string of the molecule is CCCCCCCCCCCCC/C=C/C(=O)O[C@H](CC(=O)O)C[N+](C)(C)C. The smallest absolute Gasteiger partial charge is 0.330 e. The van der Waals surface area contributed by atoms with Gasteiger partial charge in [0.1, 0.15) is 6.54 Å². The van der Waals surface area contributed by atoms with Gasteiger partial charge in [-0.05, 0) is 12.8 Å². The number of esters is 1. The summed E-state index contributed by atoms with van der Waals surface area (Å²) in [6, 6.07) is 0. The lowest BCUT2D eigenvalue weighted by Crippen LogP contribution is -2.43. The van der Waals surface area contributed by atoms with Crippen LogP contribution in [0.2, 0.25) is 0 Å². The summed E-state index contributed by atoms with van der Waals surface area (Å²) in [5.74, 6) is -1.39. The van der Waals surface area contributed by atoms with Crippen LogP contribution in [0.15, 0.2) is 12.2 Å². The molecule has 1 N–H and O–H groups in total. The molecule has 0 aliphatic carbocycles. The van der Waals surface area contributed by atoms with E-state index in [1.54, 1.807) is 0 Å². The highest BCUT2D eigenvalue weighted by molar-refractivity contribution is 5.82. The average molecular weight is 399 g/mol. The molecule has 0 radical (unpaired) electrons. The summed E-state index contributed by atoms with van der Waals surface area (Å²) in [6.07, 6.45) is 17.8. The first-order valence-corrected chi connectivity index (χ1v) is 11.1. The third kappa shape index (κ3) is 19.4. The number of carboxylic acids is 1. The quantitative estimate of drug-likeness (QED) is 0.147. The molecular weight excluding hydrogens is 354 g/mol. The van der Waals surface area contributed by atoms with Crippen molar-refractivity contribution >= 4 is 11.9 Å². The van der Waals surface area contributed by atoms with Crippen LogP contribution in [-0.4, -0.2) is 55.3 Å². The summed E-state index contributed by atoms with van der Waals surface area (Å²) >= 11 is 0. The highest BCUT2D eigenvalue weighted by Crippen LogP contribution is 2.12. The molecule has 0 saturated carbocycles. The third-order valence-electron chi connectivity index (χ3n) is 4.66. The Kier molecular flexibility index (Phi) is 15.8. The van der Waals surface area contributed by atoms with Crippen molar-refractivity contribution in [2.45, 2.75) is 96.5 Å². The highest BCUT2D eigenvalue weighted by atomic mass is 16.5. The van der Waals surface area contributed by atoms with Crippen molar-refractivity contribution in [3.8, 4) is 0 Å². The molecule has 5 heteroatoms. The van der Waals surface area contributed by atoms with Crippen LogP contribution in [0.5, 0.6) is 0 Å². The van der Waals surface area contributed by atoms with Gasteiger partial charge in [-0.25, -0.2) is 4.79 Å². The number of unbranched alkanes of at least 4 members (excludes halogenated alkanes) is 11. The molecule has 1 atom stereocenters. The minimum Gasteiger partial charge on any atom is -0.481 e. The standard InChI is InChI=1S/C23H43NO4/c1-5-6-7-8-9-10-11-12-13-14-15-16-17-18-23(27)28-21(19-22(25)26)20-24(2,3)4/h17-18,21H,5-16,19-20H2,1-4H3/p+1/b18-17+/t21-/m1/s1. The first-order valence-electron chi connectivity index (χ1n) is 11.1. The summed E-state index contributed by atoms with van der Waals surface area (Å²) in [5, 5.41) is 8.98. The van der Waals surface area contributed by atoms with E-state index >= 15 is 0 Å². The largest absolute Gasteiger partial charge is 0.481 e. The van der Waals surface area contributed by atoms with Gasteiger partial charge in [-0.1, -0.05) is 77.2 Å². The molecular formula is C23H44NO4+. The van der Waals surface area contributed by atoms with Crippen LogP contribution in [0.3, 0.4) is 0 Å². The minimum atomic E-state index is -0.948. The van der Waals surface area contributed by atoms with Crippen LogP contribution in [-0.2, 0) is 14.3 Å². The Morgan fingerprint density at radius 1 is 0.893 bits per heavy atom. The van der Waals surface area contributed by atoms with Crippen LogP contribution in [0.25, 0.3) is 0 Å². The molecule has 0 rings (SSSR count). The van der Waals surface area contributed by atoms with Crippen molar-refractivity contribution in [2.75, 3.05) is 27.7 Å². The second-order valence-electron chi connectivity index (χ2n) is 8.86. The van der Waals surface area contributed by atoms with E-state index in [0.29, 0.717) is 11.0 Å². The molecule has 0 heterocycles. The Bertz CT molecular complexity index is 440. The molecule has 0 aromatic rings. The first kappa shape index (κ1) is 26.6. The van der Waals surface area contributed by atoms with Gasteiger partial charge in [0, 0.05) is 6.08 Å². The first-order chi connectivity index (χ1) is 13.2. The summed E-state index contributed by atoms with van der Waals surface area (Å²) in [4.78, 5) is 22.9. The molecule has 0 bridgehead atoms. The Morgan fingerprint density at radius 3 is 1.86 bits per heavy atom. The number of carbonyl (C=O) groups is 2. The maximum absolute atomic E-state index is 11.9. The average Bonchev–Trinajstić information content (AvgIpc) is 2.56. The lowest BCUT2D eigenvalue weighted by Gasteiger charge is -2.28. The van der Waals surface area contributed by atoms with Gasteiger partial charge in [0.05, 0.1) is 27.6 Å². The van der Waals surface area contributed by atoms with Crippen molar-refractivity contribution < 1.29 is 23.9 Å². The zero-order valence-corrected chi connectivity index (χ0v) is 18.8. The number of ether oxygens (including phenoxy) is 1. The van der Waals surface area contributed by atoms with E-state index in [1.165, 1.54) is 70.3 Å². The molecule has 0 spiro atoms. The molecule has 0 aliphatic heterocycles. The fraction of sp³-hybridized carbons (Fsp3) is 0.826. The van der Waals surface area contributed by atoms with Crippen molar-refractivity contribution in [3.63, 3.8) is 0 Å². The van der Waals surface area contributed by atoms with E-state index in [2.05, 4.69) is 6.92 Å². The van der Waals surface area contributed by atoms with E-state index in [9.17, 15) is 9.59 Å². The molecule has 5 nitrogen and oxygen atoms in total. The number of aliphatic carboxylic acids is 1. The maximum Gasteiger partial charge on any atom is 0.330 e. The van der Waals surface area contributed by atoms with E-state index < -0.39 is 18.0 Å². The molecule has 0 fully saturated rings. The van der Waals surface area contributed by atoms with Gasteiger partial charge in [0.15, 0.2) is 6.10 Å². The van der Waals surface area contributed by atoms with Crippen LogP contribution in [0.1, 0.15) is 90.4 Å². The Labute approximate surface area is 172 Å². The van der Waals surface area contributed by atoms with Gasteiger partial charge in [-0.15, -0.1) is 0 Å². The Morgan fingerprint density at radius 2 is 1.39 bits per heavy atom. The van der Waals surface area contributed by atoms with E-state index in [0.717, 1.165) is 12.8 Å². The van der Waals surface area contributed by atoms with E-state index in [1.807, 2.05) is 27.2 Å². The predicted octanol–water partition coefficient (Wildman–Crippen LogP) is 5.34. The summed E-state index contributed by atoms with van der Waals surface area (Å²) in [7, 11) is 5.85. The Hall–Kier alpha value is -1.36. The molecule has 0 aliphatic rings. The number of carbonyl (C=O) groups excluding carboxylic acids is 1. The minimum absolute atomic E-state index is 0.159. The normalized spacial score (nSPS) is 13.0. The van der Waals surface area contributed by atoms with Crippen LogP contribution < -0.4 is 0 Å². The zero-order chi connectivity index (χ0) is 21.3. The van der Waals surface area contributed by atoms with Gasteiger partial charge in [0.25, 0.3) is 0 Å². The monoisotopic (exact) mass is 398 g/mol. The lowest BCUT2D eigenvalue weighted by molar-refractivity contribution is -0.873. The number of likely N-dealkylation sites (N-methyl/N-ethyl adjacent to an activating group) is 1. The van der Waals surface area contributed by atoms with Crippen molar-refractivity contribution in [1.29, 1.82) is 0 Å². The second-order valence-corrected chi connectivity index (χ2v) is 8.86. The van der Waals surface area contributed by atoms with Crippen molar-refractivity contribution in [1.82, 2.24) is 0 Å². The van der Waals surface area contributed by atoms with Crippen LogP contribution >= 0.6 is 0 Å². The number of allylic oxidation sites excluding steroid dienone is 1. The van der Waals surface area contributed by atoms with Crippen LogP contribution in [0.4, 0.5) is 0 Å². The van der Waals surface area contributed by atoms with Gasteiger partial charge in [-0.3, -0.25) is 4.79 Å². The fourth-order valence-electron chi connectivity index (χ4n) is 3.26. The van der Waals surface area contributed by atoms with Gasteiger partial charge >= 0.3 is 11.9 Å². The molecule has 0 unspecified atom stereocenters. The van der Waals surface area contributed by atoms with Gasteiger partial charge < -0.3 is 14.3 Å².